The van der Waals surface area contributed by atoms with E-state index in [0.717, 1.165) is 12.1 Å². The minimum atomic E-state index is -0.0125. The van der Waals surface area contributed by atoms with Gasteiger partial charge in [0.05, 0.1) is 5.69 Å². The number of carbonyl (C=O) groups is 1. The fourth-order valence-corrected chi connectivity index (χ4v) is 1.31. The van der Waals surface area contributed by atoms with E-state index in [9.17, 15) is 4.79 Å². The highest BCUT2D eigenvalue weighted by atomic mass is 16.5. The Balaban J connectivity index is 2.93. The van der Waals surface area contributed by atoms with Gasteiger partial charge in [0.1, 0.15) is 12.3 Å². The van der Waals surface area contributed by atoms with Crippen LogP contribution in [0.3, 0.4) is 0 Å². The first-order valence-electron chi connectivity index (χ1n) is 4.81. The van der Waals surface area contributed by atoms with Crippen molar-refractivity contribution >= 4 is 5.78 Å². The first kappa shape index (κ1) is 10.9. The molecule has 78 valence electrons. The first-order valence-corrected chi connectivity index (χ1v) is 4.81. The summed E-state index contributed by atoms with van der Waals surface area (Å²) in [4.78, 5) is 11.6. The Morgan fingerprint density at radius 2 is 2.29 bits per heavy atom. The van der Waals surface area contributed by atoms with Gasteiger partial charge in [-0.25, -0.2) is 0 Å². The van der Waals surface area contributed by atoms with Gasteiger partial charge >= 0.3 is 0 Å². The van der Waals surface area contributed by atoms with E-state index in [4.69, 9.17) is 4.74 Å². The molecule has 4 nitrogen and oxygen atoms in total. The van der Waals surface area contributed by atoms with Crippen LogP contribution in [0.15, 0.2) is 6.07 Å². The molecule has 0 amide bonds. The molecule has 0 saturated heterocycles. The number of ether oxygens (including phenoxy) is 1. The average molecular weight is 196 g/mol. The lowest BCUT2D eigenvalue weighted by atomic mass is 10.2. The van der Waals surface area contributed by atoms with Crippen molar-refractivity contribution in [3.63, 3.8) is 0 Å². The fourth-order valence-electron chi connectivity index (χ4n) is 1.31. The van der Waals surface area contributed by atoms with Crippen LogP contribution in [0.1, 0.15) is 30.0 Å². The molecule has 1 heterocycles. The Morgan fingerprint density at radius 1 is 1.57 bits per heavy atom. The predicted molar refractivity (Wildman–Crippen MR) is 53.5 cm³/mol. The molecule has 0 spiro atoms. The first-order chi connectivity index (χ1) is 6.72. The molecule has 1 aromatic heterocycles. The second-order valence-electron chi connectivity index (χ2n) is 3.05. The van der Waals surface area contributed by atoms with E-state index < -0.39 is 0 Å². The lowest BCUT2D eigenvalue weighted by Gasteiger charge is -2.01. The normalized spacial score (nSPS) is 10.5. The van der Waals surface area contributed by atoms with Gasteiger partial charge in [0.15, 0.2) is 0 Å². The molecular weight excluding hydrogens is 180 g/mol. The zero-order valence-corrected chi connectivity index (χ0v) is 8.91. The highest BCUT2D eigenvalue weighted by Crippen LogP contribution is 2.06. The van der Waals surface area contributed by atoms with Crippen molar-refractivity contribution in [3.8, 4) is 0 Å². The van der Waals surface area contributed by atoms with Crippen LogP contribution in [0, 0.1) is 0 Å². The quantitative estimate of drug-likeness (QED) is 0.667. The maximum atomic E-state index is 11.6. The van der Waals surface area contributed by atoms with Crippen molar-refractivity contribution in [3.05, 3.63) is 17.5 Å². The van der Waals surface area contributed by atoms with Crippen molar-refractivity contribution in [2.24, 2.45) is 0 Å². The lowest BCUT2D eigenvalue weighted by molar-refractivity contribution is 0.0837. The summed E-state index contributed by atoms with van der Waals surface area (Å²) in [5.74, 6) is -0.0125. The molecular formula is C10H16N2O2. The minimum absolute atomic E-state index is 0.0125. The van der Waals surface area contributed by atoms with Crippen LogP contribution in [-0.4, -0.2) is 29.3 Å². The monoisotopic (exact) mass is 196 g/mol. The summed E-state index contributed by atoms with van der Waals surface area (Å²) in [5.41, 5.74) is 1.59. The van der Waals surface area contributed by atoms with Crippen LogP contribution >= 0.6 is 0 Å². The zero-order chi connectivity index (χ0) is 10.6. The number of aryl methyl sites for hydroxylation is 2. The van der Waals surface area contributed by atoms with Gasteiger partial charge in [0.2, 0.25) is 5.78 Å². The molecule has 0 saturated carbocycles. The minimum Gasteiger partial charge on any atom is -0.376 e. The van der Waals surface area contributed by atoms with Crippen LogP contribution in [0.4, 0.5) is 0 Å². The van der Waals surface area contributed by atoms with Crippen molar-refractivity contribution in [2.75, 3.05) is 13.7 Å². The number of rotatable bonds is 5. The number of hydrogen-bond donors (Lipinski definition) is 0. The van der Waals surface area contributed by atoms with Crippen molar-refractivity contribution in [1.82, 2.24) is 9.78 Å². The highest BCUT2D eigenvalue weighted by Gasteiger charge is 2.13. The van der Waals surface area contributed by atoms with Gasteiger partial charge in [0.25, 0.3) is 0 Å². The van der Waals surface area contributed by atoms with Crippen LogP contribution in [0.5, 0.6) is 0 Å². The molecule has 0 aliphatic carbocycles. The average Bonchev–Trinajstić information content (AvgIpc) is 2.61. The molecule has 0 bridgehead atoms. The van der Waals surface area contributed by atoms with Crippen molar-refractivity contribution in [1.29, 1.82) is 0 Å². The molecule has 0 aliphatic rings. The summed E-state index contributed by atoms with van der Waals surface area (Å²) >= 11 is 0. The maximum Gasteiger partial charge on any atom is 0.206 e. The second-order valence-corrected chi connectivity index (χ2v) is 3.05. The molecule has 0 aliphatic heterocycles. The SMILES string of the molecule is CCc1cc(C(=O)COC)n(CC)n1. The smallest absolute Gasteiger partial charge is 0.206 e. The molecule has 4 heteroatoms. The van der Waals surface area contributed by atoms with E-state index in [1.165, 1.54) is 7.11 Å². The van der Waals surface area contributed by atoms with Crippen LogP contribution in [0.25, 0.3) is 0 Å². The number of hydrogen-bond acceptors (Lipinski definition) is 3. The number of methoxy groups -OCH3 is 1. The van der Waals surface area contributed by atoms with Gasteiger partial charge in [-0.3, -0.25) is 9.48 Å². The third-order valence-corrected chi connectivity index (χ3v) is 2.05. The van der Waals surface area contributed by atoms with Gasteiger partial charge in [0, 0.05) is 13.7 Å². The summed E-state index contributed by atoms with van der Waals surface area (Å²) in [7, 11) is 1.52. The summed E-state index contributed by atoms with van der Waals surface area (Å²) in [6.45, 7) is 4.82. The molecule has 1 rings (SSSR count). The number of carbonyl (C=O) groups excluding carboxylic acids is 1. The second kappa shape index (κ2) is 4.91. The molecule has 0 atom stereocenters. The summed E-state index contributed by atoms with van der Waals surface area (Å²) in [6, 6.07) is 1.84. The topological polar surface area (TPSA) is 44.1 Å². The van der Waals surface area contributed by atoms with E-state index in [1.807, 2.05) is 19.9 Å². The molecule has 0 N–H and O–H groups in total. The lowest BCUT2D eigenvalue weighted by Crippen LogP contribution is -2.13. The van der Waals surface area contributed by atoms with E-state index in [2.05, 4.69) is 5.10 Å². The molecule has 1 aromatic rings. The molecule has 0 aromatic carbocycles. The van der Waals surface area contributed by atoms with Crippen LogP contribution in [0.2, 0.25) is 0 Å². The van der Waals surface area contributed by atoms with Crippen LogP contribution < -0.4 is 0 Å². The van der Waals surface area contributed by atoms with Crippen LogP contribution in [-0.2, 0) is 17.7 Å². The zero-order valence-electron chi connectivity index (χ0n) is 8.91. The fraction of sp³-hybridized carbons (Fsp3) is 0.600. The highest BCUT2D eigenvalue weighted by molar-refractivity contribution is 5.95. The third-order valence-electron chi connectivity index (χ3n) is 2.05. The van der Waals surface area contributed by atoms with E-state index in [0.29, 0.717) is 12.2 Å². The Hall–Kier alpha value is -1.16. The summed E-state index contributed by atoms with van der Waals surface area (Å²) < 4.78 is 6.53. The molecule has 0 unspecified atom stereocenters. The Kier molecular flexibility index (Phi) is 3.83. The Morgan fingerprint density at radius 3 is 2.79 bits per heavy atom. The standard InChI is InChI=1S/C10H16N2O2/c1-4-8-6-9(10(13)7-14-3)12(5-2)11-8/h6H,4-5,7H2,1-3H3. The van der Waals surface area contributed by atoms with E-state index in [1.54, 1.807) is 4.68 Å². The van der Waals surface area contributed by atoms with Gasteiger partial charge in [-0.1, -0.05) is 6.92 Å². The Bertz CT molecular complexity index is 318. The van der Waals surface area contributed by atoms with Gasteiger partial charge in [-0.2, -0.15) is 5.10 Å². The Labute approximate surface area is 83.9 Å². The predicted octanol–water partition coefficient (Wildman–Crippen LogP) is 1.29. The molecule has 0 fully saturated rings. The largest absolute Gasteiger partial charge is 0.376 e. The number of nitrogens with zero attached hydrogens (tertiary/aromatic N) is 2. The number of Topliss-reactive ketones (excluding diaryl/α,β-unsaturated/α-hetero) is 1. The van der Waals surface area contributed by atoms with Gasteiger partial charge in [-0.15, -0.1) is 0 Å². The van der Waals surface area contributed by atoms with Crippen molar-refractivity contribution < 1.29 is 9.53 Å². The number of aromatic nitrogens is 2. The van der Waals surface area contributed by atoms with Crippen molar-refractivity contribution in [2.45, 2.75) is 26.8 Å². The van der Waals surface area contributed by atoms with E-state index in [-0.39, 0.29) is 12.4 Å². The molecule has 0 radical (unpaired) electrons. The van der Waals surface area contributed by atoms with E-state index >= 15 is 0 Å². The van der Waals surface area contributed by atoms with Gasteiger partial charge < -0.3 is 4.74 Å². The summed E-state index contributed by atoms with van der Waals surface area (Å²) in [5, 5.41) is 4.29. The number of ketones is 1. The van der Waals surface area contributed by atoms with Gasteiger partial charge in [-0.05, 0) is 19.4 Å². The molecule has 14 heavy (non-hydrogen) atoms. The third kappa shape index (κ3) is 2.20. The maximum absolute atomic E-state index is 11.6. The summed E-state index contributed by atoms with van der Waals surface area (Å²) in [6.07, 6.45) is 0.847.